The van der Waals surface area contributed by atoms with Gasteiger partial charge < -0.3 is 15.2 Å². The highest BCUT2D eigenvalue weighted by Crippen LogP contribution is 2.28. The van der Waals surface area contributed by atoms with E-state index in [1.165, 1.54) is 19.0 Å². The van der Waals surface area contributed by atoms with Gasteiger partial charge in [-0.05, 0) is 18.4 Å². The second kappa shape index (κ2) is 6.58. The Bertz CT molecular complexity index is 517. The van der Waals surface area contributed by atoms with Crippen LogP contribution in [0.5, 0.6) is 11.6 Å². The fourth-order valence-electron chi connectivity index (χ4n) is 1.75. The first kappa shape index (κ1) is 13.1. The van der Waals surface area contributed by atoms with Crippen LogP contribution in [0, 0.1) is 0 Å². The Morgan fingerprint density at radius 2 is 1.95 bits per heavy atom. The van der Waals surface area contributed by atoms with E-state index >= 15 is 0 Å². The topological polar surface area (TPSA) is 70.3 Å². The molecule has 5 nitrogen and oxygen atoms in total. The lowest BCUT2D eigenvalue weighted by Crippen LogP contribution is -2.05. The molecule has 0 radical (unpaired) electrons. The summed E-state index contributed by atoms with van der Waals surface area (Å²) in [5, 5.41) is 0. The van der Waals surface area contributed by atoms with Crippen molar-refractivity contribution in [1.29, 1.82) is 0 Å². The van der Waals surface area contributed by atoms with E-state index in [1.807, 2.05) is 18.2 Å². The molecule has 1 aromatic heterocycles. The van der Waals surface area contributed by atoms with E-state index in [4.69, 9.17) is 15.2 Å². The molecule has 1 aromatic carbocycles. The van der Waals surface area contributed by atoms with Gasteiger partial charge in [0.1, 0.15) is 6.33 Å². The normalized spacial score (nSPS) is 10.2. The van der Waals surface area contributed by atoms with Crippen LogP contribution in [0.15, 0.2) is 36.7 Å². The summed E-state index contributed by atoms with van der Waals surface area (Å²) in [6, 6.07) is 10.3. The number of nitrogens with two attached hydrogens (primary N) is 1. The van der Waals surface area contributed by atoms with Crippen molar-refractivity contribution in [1.82, 2.24) is 9.97 Å². The van der Waals surface area contributed by atoms with Crippen LogP contribution < -0.4 is 15.2 Å². The van der Waals surface area contributed by atoms with Gasteiger partial charge in [0.15, 0.2) is 5.82 Å². The minimum Gasteiger partial charge on any atom is -0.489 e. The maximum atomic E-state index is 5.67. The molecule has 0 amide bonds. The van der Waals surface area contributed by atoms with Crippen molar-refractivity contribution in [2.45, 2.75) is 12.8 Å². The number of aryl methyl sites for hydroxylation is 1. The van der Waals surface area contributed by atoms with Gasteiger partial charge in [-0.1, -0.05) is 30.3 Å². The minimum absolute atomic E-state index is 0.288. The van der Waals surface area contributed by atoms with Gasteiger partial charge in [0.25, 0.3) is 5.88 Å². The van der Waals surface area contributed by atoms with Gasteiger partial charge in [-0.15, -0.1) is 0 Å². The molecule has 0 spiro atoms. The van der Waals surface area contributed by atoms with E-state index < -0.39 is 0 Å². The van der Waals surface area contributed by atoms with Crippen LogP contribution in [0.25, 0.3) is 0 Å². The van der Waals surface area contributed by atoms with Crippen LogP contribution in [0.2, 0.25) is 0 Å². The molecule has 19 heavy (non-hydrogen) atoms. The highest BCUT2D eigenvalue weighted by Gasteiger charge is 2.10. The standard InChI is InChI=1S/C14H17N3O2/c1-18-12-13(15)16-10-17-14(12)19-9-5-8-11-6-3-2-4-7-11/h2-4,6-7,10H,5,8-9H2,1H3,(H2,15,16,17). The molecular weight excluding hydrogens is 242 g/mol. The van der Waals surface area contributed by atoms with Gasteiger partial charge >= 0.3 is 0 Å². The monoisotopic (exact) mass is 259 g/mol. The highest BCUT2D eigenvalue weighted by atomic mass is 16.5. The molecule has 0 atom stereocenters. The average Bonchev–Trinajstić information content (AvgIpc) is 2.45. The Hall–Kier alpha value is -2.30. The third kappa shape index (κ3) is 3.58. The van der Waals surface area contributed by atoms with Crippen LogP contribution in [0.4, 0.5) is 5.82 Å². The van der Waals surface area contributed by atoms with Crippen molar-refractivity contribution < 1.29 is 9.47 Å². The van der Waals surface area contributed by atoms with E-state index in [-0.39, 0.29) is 5.82 Å². The Labute approximate surface area is 112 Å². The lowest BCUT2D eigenvalue weighted by molar-refractivity contribution is 0.277. The minimum atomic E-state index is 0.288. The molecule has 0 bridgehead atoms. The van der Waals surface area contributed by atoms with Crippen molar-refractivity contribution in [2.75, 3.05) is 19.5 Å². The number of aromatic nitrogens is 2. The number of ether oxygens (including phenoxy) is 2. The summed E-state index contributed by atoms with van der Waals surface area (Å²) in [6.07, 6.45) is 3.23. The summed E-state index contributed by atoms with van der Waals surface area (Å²) in [5.74, 6) is 1.07. The zero-order valence-corrected chi connectivity index (χ0v) is 10.9. The van der Waals surface area contributed by atoms with Crippen molar-refractivity contribution in [3.05, 3.63) is 42.2 Å². The van der Waals surface area contributed by atoms with Gasteiger partial charge in [0, 0.05) is 0 Å². The first-order valence-corrected chi connectivity index (χ1v) is 6.12. The van der Waals surface area contributed by atoms with E-state index in [2.05, 4.69) is 22.1 Å². The maximum absolute atomic E-state index is 5.67. The first-order chi connectivity index (χ1) is 9.31. The number of benzene rings is 1. The van der Waals surface area contributed by atoms with Gasteiger partial charge in [-0.2, -0.15) is 4.98 Å². The Kier molecular flexibility index (Phi) is 4.55. The average molecular weight is 259 g/mol. The summed E-state index contributed by atoms with van der Waals surface area (Å²) in [7, 11) is 1.52. The zero-order valence-electron chi connectivity index (χ0n) is 10.9. The lowest BCUT2D eigenvalue weighted by atomic mass is 10.1. The van der Waals surface area contributed by atoms with Crippen molar-refractivity contribution >= 4 is 5.82 Å². The van der Waals surface area contributed by atoms with Crippen molar-refractivity contribution in [2.24, 2.45) is 0 Å². The summed E-state index contributed by atoms with van der Waals surface area (Å²) < 4.78 is 10.7. The molecule has 0 aliphatic heterocycles. The molecule has 0 saturated carbocycles. The van der Waals surface area contributed by atoms with E-state index in [0.717, 1.165) is 12.8 Å². The molecule has 2 aromatic rings. The predicted octanol–water partition coefficient (Wildman–Crippen LogP) is 2.08. The maximum Gasteiger partial charge on any atom is 0.262 e. The molecule has 2 rings (SSSR count). The molecule has 0 saturated heterocycles. The molecule has 0 unspecified atom stereocenters. The van der Waals surface area contributed by atoms with Crippen LogP contribution >= 0.6 is 0 Å². The molecule has 5 heteroatoms. The first-order valence-electron chi connectivity index (χ1n) is 6.12. The molecule has 0 fully saturated rings. The zero-order chi connectivity index (χ0) is 13.5. The molecule has 100 valence electrons. The van der Waals surface area contributed by atoms with E-state index in [9.17, 15) is 0 Å². The highest BCUT2D eigenvalue weighted by molar-refractivity contribution is 5.51. The predicted molar refractivity (Wildman–Crippen MR) is 73.3 cm³/mol. The second-order valence-electron chi connectivity index (χ2n) is 4.03. The summed E-state index contributed by atoms with van der Waals surface area (Å²) >= 11 is 0. The number of nitrogen functional groups attached to an aromatic ring is 1. The van der Waals surface area contributed by atoms with Gasteiger partial charge in [0.05, 0.1) is 13.7 Å². The molecular formula is C14H17N3O2. The lowest BCUT2D eigenvalue weighted by Gasteiger charge is -2.10. The quantitative estimate of drug-likeness (QED) is 0.804. The number of hydrogen-bond donors (Lipinski definition) is 1. The van der Waals surface area contributed by atoms with Crippen LogP contribution in [-0.2, 0) is 6.42 Å². The second-order valence-corrected chi connectivity index (χ2v) is 4.03. The van der Waals surface area contributed by atoms with Crippen molar-refractivity contribution in [3.8, 4) is 11.6 Å². The molecule has 0 aliphatic carbocycles. The molecule has 2 N–H and O–H groups in total. The number of nitrogens with zero attached hydrogens (tertiary/aromatic N) is 2. The van der Waals surface area contributed by atoms with Gasteiger partial charge in [-0.25, -0.2) is 4.98 Å². The number of anilines is 1. The third-order valence-corrected chi connectivity index (χ3v) is 2.69. The van der Waals surface area contributed by atoms with Gasteiger partial charge in [-0.3, -0.25) is 0 Å². The summed E-state index contributed by atoms with van der Waals surface area (Å²) in [4.78, 5) is 7.86. The SMILES string of the molecule is COc1c(N)ncnc1OCCCc1ccccc1. The van der Waals surface area contributed by atoms with E-state index in [1.54, 1.807) is 0 Å². The Morgan fingerprint density at radius 3 is 2.68 bits per heavy atom. The Balaban J connectivity index is 1.85. The van der Waals surface area contributed by atoms with Crippen LogP contribution in [-0.4, -0.2) is 23.7 Å². The Morgan fingerprint density at radius 1 is 1.16 bits per heavy atom. The fraction of sp³-hybridized carbons (Fsp3) is 0.286. The van der Waals surface area contributed by atoms with E-state index in [0.29, 0.717) is 18.2 Å². The number of methoxy groups -OCH3 is 1. The van der Waals surface area contributed by atoms with Crippen LogP contribution in [0.1, 0.15) is 12.0 Å². The fourth-order valence-corrected chi connectivity index (χ4v) is 1.75. The summed E-state index contributed by atoms with van der Waals surface area (Å²) in [6.45, 7) is 0.557. The summed E-state index contributed by atoms with van der Waals surface area (Å²) in [5.41, 5.74) is 6.96. The van der Waals surface area contributed by atoms with Gasteiger partial charge in [0.2, 0.25) is 5.75 Å². The number of rotatable bonds is 6. The molecule has 0 aliphatic rings. The van der Waals surface area contributed by atoms with Crippen molar-refractivity contribution in [3.63, 3.8) is 0 Å². The smallest absolute Gasteiger partial charge is 0.262 e. The number of hydrogen-bond acceptors (Lipinski definition) is 5. The molecule has 1 heterocycles. The third-order valence-electron chi connectivity index (χ3n) is 2.69. The largest absolute Gasteiger partial charge is 0.489 e. The van der Waals surface area contributed by atoms with Crippen LogP contribution in [0.3, 0.4) is 0 Å².